The molecular formula is C9H17O5P. The van der Waals surface area contributed by atoms with Crippen molar-refractivity contribution in [1.82, 2.24) is 0 Å². The Morgan fingerprint density at radius 3 is 2.27 bits per heavy atom. The van der Waals surface area contributed by atoms with Crippen LogP contribution < -0.4 is 0 Å². The maximum absolute atomic E-state index is 11.8. The van der Waals surface area contributed by atoms with Crippen LogP contribution >= 0.6 is 7.60 Å². The summed E-state index contributed by atoms with van der Waals surface area (Å²) in [5.41, 5.74) is 0. The molecule has 0 heterocycles. The highest BCUT2D eigenvalue weighted by atomic mass is 31.2. The summed E-state index contributed by atoms with van der Waals surface area (Å²) in [4.78, 5) is 20.7. The molecule has 1 unspecified atom stereocenters. The Balaban J connectivity index is 5.13. The van der Waals surface area contributed by atoms with E-state index in [-0.39, 0.29) is 19.4 Å². The zero-order valence-electron chi connectivity index (χ0n) is 8.97. The molecule has 0 amide bonds. The number of hydrogen-bond acceptors (Lipinski definition) is 3. The molecule has 0 saturated heterocycles. The first-order chi connectivity index (χ1) is 6.88. The lowest BCUT2D eigenvalue weighted by molar-refractivity contribution is -0.141. The van der Waals surface area contributed by atoms with E-state index in [1.165, 1.54) is 6.08 Å². The van der Waals surface area contributed by atoms with Gasteiger partial charge in [0.15, 0.2) is 5.16 Å². The van der Waals surface area contributed by atoms with Gasteiger partial charge in [-0.15, -0.1) is 6.58 Å². The predicted octanol–water partition coefficient (Wildman–Crippen LogP) is 2.02. The molecule has 15 heavy (non-hydrogen) atoms. The molecule has 0 radical (unpaired) electrons. The van der Waals surface area contributed by atoms with Crippen LogP contribution in [-0.2, 0) is 13.9 Å². The minimum Gasteiger partial charge on any atom is -0.480 e. The molecule has 0 rings (SSSR count). The van der Waals surface area contributed by atoms with Gasteiger partial charge in [-0.1, -0.05) is 19.9 Å². The third-order valence-electron chi connectivity index (χ3n) is 2.48. The van der Waals surface area contributed by atoms with Crippen molar-refractivity contribution in [2.45, 2.75) is 31.8 Å². The van der Waals surface area contributed by atoms with Crippen LogP contribution in [0.15, 0.2) is 12.7 Å². The number of hydrogen-bond donors (Lipinski definition) is 2. The largest absolute Gasteiger partial charge is 0.480 e. The highest BCUT2D eigenvalue weighted by molar-refractivity contribution is 7.55. The van der Waals surface area contributed by atoms with Crippen LogP contribution in [0.4, 0.5) is 0 Å². The Labute approximate surface area is 89.3 Å². The molecule has 88 valence electrons. The average molecular weight is 236 g/mol. The van der Waals surface area contributed by atoms with E-state index in [1.807, 2.05) is 0 Å². The lowest BCUT2D eigenvalue weighted by Gasteiger charge is -2.30. The predicted molar refractivity (Wildman–Crippen MR) is 56.9 cm³/mol. The van der Waals surface area contributed by atoms with Gasteiger partial charge in [0.2, 0.25) is 0 Å². The van der Waals surface area contributed by atoms with E-state index in [4.69, 9.17) is 9.63 Å². The quantitative estimate of drug-likeness (QED) is 0.521. The summed E-state index contributed by atoms with van der Waals surface area (Å²) in [6.07, 6.45) is 1.40. The minimum absolute atomic E-state index is 0.0454. The second-order valence-corrected chi connectivity index (χ2v) is 5.30. The topological polar surface area (TPSA) is 83.8 Å². The lowest BCUT2D eigenvalue weighted by atomic mass is 10.0. The average Bonchev–Trinajstić information content (AvgIpc) is 2.16. The van der Waals surface area contributed by atoms with Crippen LogP contribution in [0.1, 0.15) is 26.7 Å². The fourth-order valence-electron chi connectivity index (χ4n) is 1.35. The first kappa shape index (κ1) is 14.4. The summed E-state index contributed by atoms with van der Waals surface area (Å²) >= 11 is 0. The summed E-state index contributed by atoms with van der Waals surface area (Å²) in [6, 6.07) is 0. The maximum Gasteiger partial charge on any atom is 0.345 e. The van der Waals surface area contributed by atoms with Gasteiger partial charge in [0, 0.05) is 0 Å². The molecule has 5 nitrogen and oxygen atoms in total. The second kappa shape index (κ2) is 5.45. The highest BCUT2D eigenvalue weighted by Gasteiger charge is 2.52. The van der Waals surface area contributed by atoms with Crippen LogP contribution in [-0.4, -0.2) is 27.7 Å². The van der Waals surface area contributed by atoms with Crippen molar-refractivity contribution >= 4 is 13.6 Å². The molecule has 0 fully saturated rings. The number of rotatable bonds is 7. The maximum atomic E-state index is 11.8. The summed E-state index contributed by atoms with van der Waals surface area (Å²) in [7, 11) is -4.18. The van der Waals surface area contributed by atoms with Crippen molar-refractivity contribution in [3.8, 4) is 0 Å². The van der Waals surface area contributed by atoms with Crippen LogP contribution in [0.3, 0.4) is 0 Å². The van der Waals surface area contributed by atoms with Crippen molar-refractivity contribution in [1.29, 1.82) is 0 Å². The summed E-state index contributed by atoms with van der Waals surface area (Å²) < 4.78 is 16.5. The van der Waals surface area contributed by atoms with Gasteiger partial charge in [0.25, 0.3) is 0 Å². The zero-order chi connectivity index (χ0) is 12.1. The molecular weight excluding hydrogens is 219 g/mol. The molecule has 0 aromatic carbocycles. The molecule has 0 aromatic rings. The van der Waals surface area contributed by atoms with Crippen molar-refractivity contribution in [3.05, 3.63) is 12.7 Å². The minimum atomic E-state index is -4.18. The summed E-state index contributed by atoms with van der Waals surface area (Å²) in [5.74, 6) is -1.30. The lowest BCUT2D eigenvalue weighted by Crippen LogP contribution is -2.37. The molecule has 0 spiro atoms. The van der Waals surface area contributed by atoms with Gasteiger partial charge < -0.3 is 14.5 Å². The Morgan fingerprint density at radius 1 is 1.53 bits per heavy atom. The third kappa shape index (κ3) is 2.68. The molecule has 0 aliphatic rings. The van der Waals surface area contributed by atoms with Crippen molar-refractivity contribution in [2.24, 2.45) is 0 Å². The SMILES string of the molecule is C=CCOP(=O)(O)C(CC)(CC)C(=O)O. The van der Waals surface area contributed by atoms with E-state index in [1.54, 1.807) is 13.8 Å². The van der Waals surface area contributed by atoms with E-state index in [9.17, 15) is 14.3 Å². The Kier molecular flexibility index (Phi) is 5.21. The Bertz CT molecular complexity index is 282. The molecule has 0 bridgehead atoms. The monoisotopic (exact) mass is 236 g/mol. The Morgan fingerprint density at radius 2 is 2.00 bits per heavy atom. The highest BCUT2D eigenvalue weighted by Crippen LogP contribution is 2.58. The summed E-state index contributed by atoms with van der Waals surface area (Å²) in [6.45, 7) is 6.31. The fraction of sp³-hybridized carbons (Fsp3) is 0.667. The van der Waals surface area contributed by atoms with E-state index < -0.39 is 18.7 Å². The standard InChI is InChI=1S/C9H17O5P/c1-4-7-14-15(12,13)9(5-2,6-3)8(10)11/h4H,1,5-7H2,2-3H3,(H,10,11)(H,12,13). The number of carboxylic acid groups (broad SMARTS) is 1. The van der Waals surface area contributed by atoms with Crippen LogP contribution in [0.2, 0.25) is 0 Å². The van der Waals surface area contributed by atoms with Gasteiger partial charge >= 0.3 is 13.6 Å². The fourth-order valence-corrected chi connectivity index (χ4v) is 2.95. The van der Waals surface area contributed by atoms with E-state index in [0.717, 1.165) is 0 Å². The van der Waals surface area contributed by atoms with E-state index in [2.05, 4.69) is 6.58 Å². The smallest absolute Gasteiger partial charge is 0.345 e. The van der Waals surface area contributed by atoms with Crippen LogP contribution in [0, 0.1) is 0 Å². The molecule has 0 aliphatic heterocycles. The third-order valence-corrected chi connectivity index (χ3v) is 4.88. The van der Waals surface area contributed by atoms with Gasteiger partial charge in [0.05, 0.1) is 6.61 Å². The number of carbonyl (C=O) groups is 1. The van der Waals surface area contributed by atoms with Gasteiger partial charge in [-0.05, 0) is 12.8 Å². The van der Waals surface area contributed by atoms with Crippen molar-refractivity contribution < 1.29 is 23.9 Å². The molecule has 0 aromatic heterocycles. The Hall–Kier alpha value is -0.640. The van der Waals surface area contributed by atoms with Crippen molar-refractivity contribution in [2.75, 3.05) is 6.61 Å². The first-order valence-corrected chi connectivity index (χ1v) is 6.27. The normalized spacial score (nSPS) is 15.7. The van der Waals surface area contributed by atoms with Gasteiger partial charge in [-0.25, -0.2) is 0 Å². The molecule has 1 atom stereocenters. The van der Waals surface area contributed by atoms with Gasteiger partial charge in [0.1, 0.15) is 0 Å². The molecule has 0 aliphatic carbocycles. The van der Waals surface area contributed by atoms with Crippen LogP contribution in [0.25, 0.3) is 0 Å². The number of carboxylic acids is 1. The molecule has 0 saturated carbocycles. The molecule has 2 N–H and O–H groups in total. The van der Waals surface area contributed by atoms with Crippen LogP contribution in [0.5, 0.6) is 0 Å². The van der Waals surface area contributed by atoms with E-state index >= 15 is 0 Å². The number of aliphatic carboxylic acids is 1. The summed E-state index contributed by atoms with van der Waals surface area (Å²) in [5, 5.41) is 7.31. The zero-order valence-corrected chi connectivity index (χ0v) is 9.87. The van der Waals surface area contributed by atoms with E-state index in [0.29, 0.717) is 0 Å². The molecule has 6 heteroatoms. The first-order valence-electron chi connectivity index (χ1n) is 4.69. The van der Waals surface area contributed by atoms with Gasteiger partial charge in [-0.2, -0.15) is 0 Å². The van der Waals surface area contributed by atoms with Gasteiger partial charge in [-0.3, -0.25) is 9.36 Å². The second-order valence-electron chi connectivity index (χ2n) is 3.15. The van der Waals surface area contributed by atoms with Crippen molar-refractivity contribution in [3.63, 3.8) is 0 Å².